The fraction of sp³-hybridized carbons (Fsp3) is 0.438. The smallest absolute Gasteiger partial charge is 0.0963 e. The lowest BCUT2D eigenvalue weighted by atomic mass is 9.70. The quantitative estimate of drug-likeness (QED) is 0.136. The van der Waals surface area contributed by atoms with Gasteiger partial charge in [0, 0.05) is 11.3 Å². The molecule has 5 rings (SSSR count). The zero-order chi connectivity index (χ0) is 36.3. The first-order valence-corrected chi connectivity index (χ1v) is 20.0. The van der Waals surface area contributed by atoms with E-state index in [1.54, 1.807) is 5.57 Å². The van der Waals surface area contributed by atoms with Crippen LogP contribution in [0.15, 0.2) is 97.4 Å². The highest BCUT2D eigenvalue weighted by atomic mass is 32.1. The molecule has 1 aliphatic rings. The first-order valence-electron chi connectivity index (χ1n) is 19.2. The largest absolute Gasteiger partial charge is 0.241 e. The highest BCUT2D eigenvalue weighted by Gasteiger charge is 2.37. The minimum Gasteiger partial charge on any atom is -0.241 e. The molecule has 1 aromatic heterocycles. The SMILES string of the molecule is C=C(C)c1ccccc1-c1ccc(C(C)(C)C)cc1.C=C(CCC1(/C(=C/C)c2ccccc2C)CCCC1)c1csc(C(CCC)CCC)n1. The summed E-state index contributed by atoms with van der Waals surface area (Å²) in [7, 11) is 0. The number of benzene rings is 3. The number of hydrogen-bond acceptors (Lipinski definition) is 2. The van der Waals surface area contributed by atoms with Crippen molar-refractivity contribution in [3.05, 3.63) is 130 Å². The van der Waals surface area contributed by atoms with Gasteiger partial charge in [-0.15, -0.1) is 11.3 Å². The van der Waals surface area contributed by atoms with Crippen molar-refractivity contribution in [3.63, 3.8) is 0 Å². The Balaban J connectivity index is 0.000000252. The maximum absolute atomic E-state index is 5.06. The molecular formula is C48H63NS. The number of thiazole rings is 1. The van der Waals surface area contributed by atoms with E-state index in [9.17, 15) is 0 Å². The second-order valence-electron chi connectivity index (χ2n) is 15.6. The monoisotopic (exact) mass is 685 g/mol. The van der Waals surface area contributed by atoms with Gasteiger partial charge in [-0.2, -0.15) is 0 Å². The van der Waals surface area contributed by atoms with Crippen molar-refractivity contribution in [1.29, 1.82) is 0 Å². The topological polar surface area (TPSA) is 12.9 Å². The van der Waals surface area contributed by atoms with Crippen LogP contribution in [0.5, 0.6) is 0 Å². The molecule has 0 aliphatic heterocycles. The normalized spacial score (nSPS) is 14.4. The Hall–Kier alpha value is -3.49. The third-order valence-electron chi connectivity index (χ3n) is 10.7. The average Bonchev–Trinajstić information content (AvgIpc) is 3.80. The summed E-state index contributed by atoms with van der Waals surface area (Å²) in [6, 6.07) is 26.2. The van der Waals surface area contributed by atoms with Crippen LogP contribution in [0.1, 0.15) is 152 Å². The molecular weight excluding hydrogens is 623 g/mol. The average molecular weight is 686 g/mol. The summed E-state index contributed by atoms with van der Waals surface area (Å²) in [5.74, 6) is 0.624. The molecule has 0 amide bonds. The molecule has 0 radical (unpaired) electrons. The molecule has 0 saturated heterocycles. The number of allylic oxidation sites excluding steroid dienone is 4. The van der Waals surface area contributed by atoms with Gasteiger partial charge in [0.2, 0.25) is 0 Å². The number of aromatic nitrogens is 1. The number of rotatable bonds is 13. The van der Waals surface area contributed by atoms with Crippen LogP contribution < -0.4 is 0 Å². The molecule has 1 aliphatic carbocycles. The van der Waals surface area contributed by atoms with Crippen molar-refractivity contribution in [3.8, 4) is 11.1 Å². The predicted octanol–water partition coefficient (Wildman–Crippen LogP) is 15.3. The molecule has 0 bridgehead atoms. The molecule has 3 aromatic carbocycles. The predicted molar refractivity (Wildman–Crippen MR) is 224 cm³/mol. The van der Waals surface area contributed by atoms with Gasteiger partial charge in [0.05, 0.1) is 10.7 Å². The number of hydrogen-bond donors (Lipinski definition) is 0. The molecule has 0 unspecified atom stereocenters. The van der Waals surface area contributed by atoms with Crippen LogP contribution in [0.3, 0.4) is 0 Å². The van der Waals surface area contributed by atoms with Gasteiger partial charge in [-0.1, -0.05) is 158 Å². The van der Waals surface area contributed by atoms with E-state index < -0.39 is 0 Å². The van der Waals surface area contributed by atoms with Crippen molar-refractivity contribution < 1.29 is 0 Å². The molecule has 0 N–H and O–H groups in total. The Morgan fingerprint density at radius 2 is 1.48 bits per heavy atom. The Morgan fingerprint density at radius 3 is 2.04 bits per heavy atom. The molecule has 1 nitrogen and oxygen atoms in total. The van der Waals surface area contributed by atoms with Gasteiger partial charge in [0.15, 0.2) is 0 Å². The highest BCUT2D eigenvalue weighted by molar-refractivity contribution is 7.09. The van der Waals surface area contributed by atoms with E-state index in [-0.39, 0.29) is 10.8 Å². The number of nitrogens with zero attached hydrogens (tertiary/aromatic N) is 1. The second-order valence-corrected chi connectivity index (χ2v) is 16.5. The van der Waals surface area contributed by atoms with Gasteiger partial charge in [-0.05, 0) is 115 Å². The maximum Gasteiger partial charge on any atom is 0.0963 e. The van der Waals surface area contributed by atoms with Gasteiger partial charge in [0.1, 0.15) is 0 Å². The van der Waals surface area contributed by atoms with Crippen LogP contribution in [-0.4, -0.2) is 4.98 Å². The van der Waals surface area contributed by atoms with E-state index in [0.717, 1.165) is 17.7 Å². The third kappa shape index (κ3) is 9.85. The Morgan fingerprint density at radius 1 is 0.880 bits per heavy atom. The fourth-order valence-corrected chi connectivity index (χ4v) is 8.86. The summed E-state index contributed by atoms with van der Waals surface area (Å²) >= 11 is 1.85. The van der Waals surface area contributed by atoms with Crippen molar-refractivity contribution in [2.75, 3.05) is 0 Å². The minimum absolute atomic E-state index is 0.201. The molecule has 1 heterocycles. The summed E-state index contributed by atoms with van der Waals surface area (Å²) in [5.41, 5.74) is 13.5. The van der Waals surface area contributed by atoms with Crippen LogP contribution in [0.2, 0.25) is 0 Å². The summed E-state index contributed by atoms with van der Waals surface area (Å²) in [4.78, 5) is 5.06. The Bertz CT molecular complexity index is 1710. The van der Waals surface area contributed by atoms with Gasteiger partial charge in [-0.3, -0.25) is 0 Å². The van der Waals surface area contributed by atoms with E-state index in [1.807, 2.05) is 11.3 Å². The Labute approximate surface area is 309 Å². The lowest BCUT2D eigenvalue weighted by molar-refractivity contribution is 0.386. The lowest BCUT2D eigenvalue weighted by Gasteiger charge is -2.34. The lowest BCUT2D eigenvalue weighted by Crippen LogP contribution is -2.19. The maximum atomic E-state index is 5.06. The van der Waals surface area contributed by atoms with Gasteiger partial charge < -0.3 is 0 Å². The first-order chi connectivity index (χ1) is 23.9. The van der Waals surface area contributed by atoms with E-state index in [0.29, 0.717) is 5.92 Å². The molecule has 266 valence electrons. The van der Waals surface area contributed by atoms with Gasteiger partial charge in [0.25, 0.3) is 0 Å². The summed E-state index contributed by atoms with van der Waals surface area (Å²) < 4.78 is 0. The van der Waals surface area contributed by atoms with Crippen LogP contribution >= 0.6 is 11.3 Å². The molecule has 0 spiro atoms. The standard InChI is InChI=1S/C29H41NS.C19H22/c1-6-13-24(14-7-2)28-30-27(21-31-28)23(5)17-20-29(18-11-12-19-29)26(8-3)25-16-10-9-15-22(25)4;1-14(2)17-8-6-7-9-18(17)15-10-12-16(13-11-15)19(3,4)5/h8-10,15-16,21,24H,5-7,11-14,17-20H2,1-4H3;6-13H,1H2,2-5H3/b26-8+;. The van der Waals surface area contributed by atoms with E-state index in [4.69, 9.17) is 4.98 Å². The zero-order valence-electron chi connectivity index (χ0n) is 32.5. The van der Waals surface area contributed by atoms with Crippen molar-refractivity contribution in [2.24, 2.45) is 5.41 Å². The van der Waals surface area contributed by atoms with Crippen LogP contribution in [0.4, 0.5) is 0 Å². The third-order valence-corrected chi connectivity index (χ3v) is 11.7. The van der Waals surface area contributed by atoms with Crippen LogP contribution in [0.25, 0.3) is 27.8 Å². The molecule has 1 fully saturated rings. The van der Waals surface area contributed by atoms with Crippen molar-refractivity contribution in [2.45, 2.75) is 131 Å². The summed E-state index contributed by atoms with van der Waals surface area (Å²) in [6.07, 6.45) is 14.8. The zero-order valence-corrected chi connectivity index (χ0v) is 33.3. The van der Waals surface area contributed by atoms with Crippen LogP contribution in [-0.2, 0) is 5.41 Å². The molecule has 0 atom stereocenters. The van der Waals surface area contributed by atoms with E-state index in [2.05, 4.69) is 153 Å². The second kappa shape index (κ2) is 18.1. The fourth-order valence-electron chi connectivity index (χ4n) is 7.83. The van der Waals surface area contributed by atoms with Gasteiger partial charge >= 0.3 is 0 Å². The molecule has 4 aromatic rings. The summed E-state index contributed by atoms with van der Waals surface area (Å²) in [5, 5.41) is 3.58. The Kier molecular flexibility index (Phi) is 14.3. The van der Waals surface area contributed by atoms with Crippen molar-refractivity contribution in [1.82, 2.24) is 4.98 Å². The number of aryl methyl sites for hydroxylation is 1. The van der Waals surface area contributed by atoms with Crippen molar-refractivity contribution >= 4 is 28.1 Å². The summed E-state index contributed by atoms with van der Waals surface area (Å²) in [6.45, 7) is 26.4. The first kappa shape index (κ1) is 39.3. The molecule has 2 heteroatoms. The van der Waals surface area contributed by atoms with Crippen LogP contribution in [0, 0.1) is 12.3 Å². The molecule has 50 heavy (non-hydrogen) atoms. The highest BCUT2D eigenvalue weighted by Crippen LogP contribution is 2.53. The van der Waals surface area contributed by atoms with E-state index in [1.165, 1.54) is 102 Å². The van der Waals surface area contributed by atoms with E-state index >= 15 is 0 Å². The molecule has 1 saturated carbocycles. The minimum atomic E-state index is 0.201. The van der Waals surface area contributed by atoms with Gasteiger partial charge in [-0.25, -0.2) is 4.98 Å².